The summed E-state index contributed by atoms with van der Waals surface area (Å²) in [6, 6.07) is 15.7. The summed E-state index contributed by atoms with van der Waals surface area (Å²) in [7, 11) is -0.831. The minimum absolute atomic E-state index is 0.247. The summed E-state index contributed by atoms with van der Waals surface area (Å²) in [4.78, 5) is 4.59. The van der Waals surface area contributed by atoms with E-state index in [1.807, 2.05) is 55.5 Å². The molecule has 2 aromatic rings. The fourth-order valence-electron chi connectivity index (χ4n) is 2.91. The Morgan fingerprint density at radius 2 is 1.88 bits per heavy atom. The molecule has 0 fully saturated rings. The zero-order valence-corrected chi connectivity index (χ0v) is 15.3. The van der Waals surface area contributed by atoms with Gasteiger partial charge < -0.3 is 5.73 Å². The van der Waals surface area contributed by atoms with Crippen LogP contribution in [-0.2, 0) is 15.2 Å². The van der Waals surface area contributed by atoms with Gasteiger partial charge >= 0.3 is 0 Å². The third-order valence-electron chi connectivity index (χ3n) is 4.33. The lowest BCUT2D eigenvalue weighted by Crippen LogP contribution is -2.50. The lowest BCUT2D eigenvalue weighted by Gasteiger charge is -2.37. The van der Waals surface area contributed by atoms with E-state index in [9.17, 15) is 4.21 Å². The highest BCUT2D eigenvalue weighted by Crippen LogP contribution is 2.34. The molecule has 6 heteroatoms. The first-order valence-corrected chi connectivity index (χ1v) is 9.75. The van der Waals surface area contributed by atoms with E-state index in [2.05, 4.69) is 10.9 Å². The van der Waals surface area contributed by atoms with Crippen molar-refractivity contribution in [2.75, 3.05) is 12.8 Å². The van der Waals surface area contributed by atoms with Gasteiger partial charge in [0.05, 0.1) is 21.0 Å². The molecular weight excluding hydrogens is 342 g/mol. The number of rotatable bonds is 2. The molecule has 2 aromatic carbocycles. The topological polar surface area (TPSA) is 58.7 Å². The molecule has 3 rings (SSSR count). The van der Waals surface area contributed by atoms with Crippen molar-refractivity contribution in [3.05, 3.63) is 59.1 Å². The zero-order valence-electron chi connectivity index (χ0n) is 13.7. The molecule has 0 bridgehead atoms. The summed E-state index contributed by atoms with van der Waals surface area (Å²) >= 11 is 6.09. The van der Waals surface area contributed by atoms with Crippen molar-refractivity contribution in [3.8, 4) is 11.1 Å². The smallest absolute Gasteiger partial charge is 0.203 e. The predicted octanol–water partition coefficient (Wildman–Crippen LogP) is 3.11. The van der Waals surface area contributed by atoms with Crippen molar-refractivity contribution in [1.82, 2.24) is 4.31 Å². The highest BCUT2D eigenvalue weighted by atomic mass is 35.5. The molecule has 1 unspecified atom stereocenters. The molecule has 24 heavy (non-hydrogen) atoms. The average molecular weight is 362 g/mol. The Hall–Kier alpha value is -1.98. The van der Waals surface area contributed by atoms with Gasteiger partial charge in [0.25, 0.3) is 0 Å². The highest BCUT2D eigenvalue weighted by molar-refractivity contribution is 7.98. The summed E-state index contributed by atoms with van der Waals surface area (Å²) in [5.41, 5.74) is 8.30. The van der Waals surface area contributed by atoms with Gasteiger partial charge in [-0.15, -0.1) is 0 Å². The Morgan fingerprint density at radius 3 is 2.50 bits per heavy atom. The Morgan fingerprint density at radius 1 is 1.25 bits per heavy atom. The Kier molecular flexibility index (Phi) is 4.10. The van der Waals surface area contributed by atoms with E-state index >= 15 is 0 Å². The van der Waals surface area contributed by atoms with E-state index in [4.69, 9.17) is 17.3 Å². The number of hydrogen-bond donors (Lipinski definition) is 1. The number of benzene rings is 2. The Balaban J connectivity index is 2.09. The van der Waals surface area contributed by atoms with E-state index in [0.717, 1.165) is 16.7 Å². The van der Waals surface area contributed by atoms with Crippen LogP contribution in [0.5, 0.6) is 0 Å². The van der Waals surface area contributed by atoms with Gasteiger partial charge in [-0.1, -0.05) is 41.9 Å². The second-order valence-electron chi connectivity index (χ2n) is 6.25. The van der Waals surface area contributed by atoms with Gasteiger partial charge in [0, 0.05) is 12.1 Å². The van der Waals surface area contributed by atoms with Gasteiger partial charge in [-0.3, -0.25) is 4.31 Å². The van der Waals surface area contributed by atoms with Crippen molar-refractivity contribution in [1.29, 1.82) is 0 Å². The van der Waals surface area contributed by atoms with Crippen LogP contribution in [-0.4, -0.2) is 33.1 Å². The van der Waals surface area contributed by atoms with Gasteiger partial charge in [-0.25, -0.2) is 9.20 Å². The van der Waals surface area contributed by atoms with E-state index in [1.54, 1.807) is 7.05 Å². The summed E-state index contributed by atoms with van der Waals surface area (Å²) < 4.78 is 14.2. The maximum absolute atomic E-state index is 12.8. The molecule has 0 spiro atoms. The van der Waals surface area contributed by atoms with Crippen molar-refractivity contribution in [2.45, 2.75) is 12.5 Å². The molecule has 1 aliphatic heterocycles. The van der Waals surface area contributed by atoms with E-state index < -0.39 is 15.2 Å². The largest absolute Gasteiger partial charge is 0.369 e. The second kappa shape index (κ2) is 5.83. The van der Waals surface area contributed by atoms with Crippen LogP contribution in [0.1, 0.15) is 12.5 Å². The van der Waals surface area contributed by atoms with Crippen LogP contribution in [0, 0.1) is 0 Å². The molecule has 1 heterocycles. The summed E-state index contributed by atoms with van der Waals surface area (Å²) in [6.45, 7) is 1.94. The number of halogens is 1. The molecule has 0 radical (unpaired) electrons. The molecule has 2 atom stereocenters. The van der Waals surface area contributed by atoms with Crippen molar-refractivity contribution >= 4 is 33.1 Å². The number of guanidine groups is 1. The standard InChI is InChI=1S/C18H20ClN3OS/c1-18(12-24(3,23)22(2)17(20)21-18)15-8-4-6-13(10-15)14-7-5-9-16(19)11-14/h4-11H,3,12H2,1-2H3,(H2,20,21)/t18-,24?/m0/s1. The van der Waals surface area contributed by atoms with Gasteiger partial charge in [0.1, 0.15) is 0 Å². The Bertz CT molecular complexity index is 923. The molecule has 0 saturated carbocycles. The maximum atomic E-state index is 12.8. The lowest BCUT2D eigenvalue weighted by atomic mass is 9.91. The van der Waals surface area contributed by atoms with Crippen molar-refractivity contribution < 1.29 is 4.21 Å². The normalized spacial score (nSPS) is 27.0. The van der Waals surface area contributed by atoms with Crippen LogP contribution in [0.25, 0.3) is 11.1 Å². The first-order chi connectivity index (χ1) is 11.2. The molecule has 126 valence electrons. The minimum atomic E-state index is -2.49. The van der Waals surface area contributed by atoms with Crippen LogP contribution >= 0.6 is 11.6 Å². The molecule has 4 nitrogen and oxygen atoms in total. The zero-order chi connectivity index (χ0) is 17.5. The van der Waals surface area contributed by atoms with Gasteiger partial charge in [0.15, 0.2) is 0 Å². The second-order valence-corrected chi connectivity index (χ2v) is 9.07. The molecule has 2 N–H and O–H groups in total. The van der Waals surface area contributed by atoms with Crippen molar-refractivity contribution in [3.63, 3.8) is 0 Å². The van der Waals surface area contributed by atoms with E-state index in [-0.39, 0.29) is 5.96 Å². The van der Waals surface area contributed by atoms with Gasteiger partial charge in [-0.05, 0) is 47.7 Å². The monoisotopic (exact) mass is 361 g/mol. The molecule has 0 aliphatic carbocycles. The fourth-order valence-corrected chi connectivity index (χ4v) is 4.79. The van der Waals surface area contributed by atoms with E-state index in [1.165, 1.54) is 4.31 Å². The summed E-state index contributed by atoms with van der Waals surface area (Å²) in [5, 5.41) is 0.687. The number of nitrogens with zero attached hydrogens (tertiary/aromatic N) is 2. The number of nitrogens with two attached hydrogens (primary N) is 1. The molecular formula is C18H20ClN3OS. The SMILES string of the molecule is C=S1(=O)C[C@@](C)(c2cccc(-c3cccc(Cl)c3)c2)N=C(N)N1C. The third kappa shape index (κ3) is 3.01. The summed E-state index contributed by atoms with van der Waals surface area (Å²) in [5.74, 6) is 4.41. The fraction of sp³-hybridized carbons (Fsp3) is 0.222. The van der Waals surface area contributed by atoms with Gasteiger partial charge in [0.2, 0.25) is 5.96 Å². The predicted molar refractivity (Wildman–Crippen MR) is 104 cm³/mol. The maximum Gasteiger partial charge on any atom is 0.203 e. The van der Waals surface area contributed by atoms with E-state index in [0.29, 0.717) is 10.8 Å². The molecule has 0 amide bonds. The molecule has 0 aromatic heterocycles. The van der Waals surface area contributed by atoms with Crippen LogP contribution < -0.4 is 5.73 Å². The third-order valence-corrected chi connectivity index (χ3v) is 6.77. The number of aliphatic imine (C=N–C) groups is 1. The lowest BCUT2D eigenvalue weighted by molar-refractivity contribution is 0.514. The van der Waals surface area contributed by atoms with Crippen molar-refractivity contribution in [2.24, 2.45) is 10.7 Å². The Labute approximate surface area is 148 Å². The first-order valence-electron chi connectivity index (χ1n) is 7.52. The average Bonchev–Trinajstić information content (AvgIpc) is 2.52. The molecule has 0 saturated heterocycles. The minimum Gasteiger partial charge on any atom is -0.369 e. The van der Waals surface area contributed by atoms with Crippen LogP contribution in [0.2, 0.25) is 5.02 Å². The van der Waals surface area contributed by atoms with Gasteiger partial charge in [-0.2, -0.15) is 0 Å². The first kappa shape index (κ1) is 16.9. The van der Waals surface area contributed by atoms with Crippen LogP contribution in [0.3, 0.4) is 0 Å². The number of hydrogen-bond acceptors (Lipinski definition) is 3. The highest BCUT2D eigenvalue weighted by Gasteiger charge is 2.36. The quantitative estimate of drug-likeness (QED) is 0.835. The van der Waals surface area contributed by atoms with Crippen LogP contribution in [0.4, 0.5) is 0 Å². The summed E-state index contributed by atoms with van der Waals surface area (Å²) in [6.07, 6.45) is 0. The van der Waals surface area contributed by atoms with Crippen LogP contribution in [0.15, 0.2) is 53.5 Å². The molecule has 1 aliphatic rings.